The number of fused-ring (bicyclic) bond motifs is 1. The maximum atomic E-state index is 6.40. The molecule has 7 heteroatoms. The van der Waals surface area contributed by atoms with Gasteiger partial charge in [-0.2, -0.15) is 0 Å². The second-order valence-corrected chi connectivity index (χ2v) is 7.07. The van der Waals surface area contributed by atoms with Gasteiger partial charge >= 0.3 is 0 Å². The molecule has 0 saturated carbocycles. The highest BCUT2D eigenvalue weighted by atomic mass is 35.5. The molecule has 0 aromatic carbocycles. The van der Waals surface area contributed by atoms with Gasteiger partial charge in [0.15, 0.2) is 5.65 Å². The van der Waals surface area contributed by atoms with E-state index in [2.05, 4.69) is 15.2 Å². The quantitative estimate of drug-likeness (QED) is 0.760. The van der Waals surface area contributed by atoms with Gasteiger partial charge in [0.25, 0.3) is 0 Å². The summed E-state index contributed by atoms with van der Waals surface area (Å²) >= 11 is 12.7. The van der Waals surface area contributed by atoms with Crippen molar-refractivity contribution in [3.05, 3.63) is 52.5 Å². The number of hydrogen-bond acceptors (Lipinski definition) is 4. The summed E-state index contributed by atoms with van der Waals surface area (Å²) in [5, 5.41) is 4.61. The van der Waals surface area contributed by atoms with E-state index in [1.165, 1.54) is 0 Å². The van der Waals surface area contributed by atoms with E-state index in [0.717, 1.165) is 61.7 Å². The van der Waals surface area contributed by atoms with Crippen LogP contribution in [0.1, 0.15) is 12.1 Å². The molecule has 0 unspecified atom stereocenters. The van der Waals surface area contributed by atoms with Gasteiger partial charge in [-0.3, -0.25) is 14.3 Å². The third kappa shape index (κ3) is 3.51. The molecule has 4 heterocycles. The molecule has 0 spiro atoms. The Bertz CT molecular complexity index is 870. The molecule has 0 bridgehead atoms. The Balaban J connectivity index is 1.83. The lowest BCUT2D eigenvalue weighted by molar-refractivity contribution is 0.281. The van der Waals surface area contributed by atoms with Crippen LogP contribution in [-0.2, 0) is 6.54 Å². The van der Waals surface area contributed by atoms with Gasteiger partial charge in [-0.15, -0.1) is 0 Å². The summed E-state index contributed by atoms with van der Waals surface area (Å²) in [5.74, 6) is 0. The highest BCUT2D eigenvalue weighted by molar-refractivity contribution is 6.36. The van der Waals surface area contributed by atoms with Crippen LogP contribution in [0.3, 0.4) is 0 Å². The Morgan fingerprint density at radius 3 is 2.80 bits per heavy atom. The summed E-state index contributed by atoms with van der Waals surface area (Å²) < 4.78 is 2.03. The first-order valence-corrected chi connectivity index (χ1v) is 9.17. The molecule has 0 aliphatic carbocycles. The van der Waals surface area contributed by atoms with Crippen LogP contribution in [0.4, 0.5) is 0 Å². The summed E-state index contributed by atoms with van der Waals surface area (Å²) in [6.07, 6.45) is 6.61. The van der Waals surface area contributed by atoms with Gasteiger partial charge in [0.2, 0.25) is 0 Å². The summed E-state index contributed by atoms with van der Waals surface area (Å²) in [7, 11) is 0. The SMILES string of the molecule is Clc1cc(Cl)c2nc(-c3ccncc3)c(CN3CCCNCC3)n2c1. The summed E-state index contributed by atoms with van der Waals surface area (Å²) in [6, 6.07) is 5.69. The monoisotopic (exact) mass is 375 g/mol. The van der Waals surface area contributed by atoms with E-state index in [0.29, 0.717) is 10.0 Å². The van der Waals surface area contributed by atoms with Crippen LogP contribution in [0.25, 0.3) is 16.9 Å². The lowest BCUT2D eigenvalue weighted by Crippen LogP contribution is -2.28. The summed E-state index contributed by atoms with van der Waals surface area (Å²) in [4.78, 5) is 11.4. The Kier molecular flexibility index (Phi) is 4.90. The van der Waals surface area contributed by atoms with Crippen molar-refractivity contribution in [2.24, 2.45) is 0 Å². The van der Waals surface area contributed by atoms with Gasteiger partial charge in [-0.25, -0.2) is 4.98 Å². The standard InChI is InChI=1S/C18H19Cl2N5/c19-14-10-15(20)18-23-17(13-2-5-22-6-3-13)16(25(18)11-14)12-24-8-1-4-21-7-9-24/h2-3,5-6,10-11,21H,1,4,7-9,12H2. The van der Waals surface area contributed by atoms with Gasteiger partial charge < -0.3 is 5.32 Å². The Hall–Kier alpha value is -1.66. The van der Waals surface area contributed by atoms with E-state index in [1.54, 1.807) is 18.5 Å². The predicted molar refractivity (Wildman–Crippen MR) is 101 cm³/mol. The van der Waals surface area contributed by atoms with Crippen molar-refractivity contribution in [1.29, 1.82) is 0 Å². The minimum atomic E-state index is 0.562. The molecule has 5 nitrogen and oxygen atoms in total. The van der Waals surface area contributed by atoms with E-state index in [9.17, 15) is 0 Å². The molecular formula is C18H19Cl2N5. The summed E-state index contributed by atoms with van der Waals surface area (Å²) in [5.41, 5.74) is 3.81. The average Bonchev–Trinajstić information content (AvgIpc) is 2.79. The molecule has 1 N–H and O–H groups in total. The van der Waals surface area contributed by atoms with E-state index >= 15 is 0 Å². The molecule has 1 fully saturated rings. The molecule has 4 rings (SSSR count). The Morgan fingerprint density at radius 1 is 1.12 bits per heavy atom. The fourth-order valence-corrected chi connectivity index (χ4v) is 3.80. The van der Waals surface area contributed by atoms with E-state index in [1.807, 2.05) is 22.7 Å². The first kappa shape index (κ1) is 16.8. The molecule has 1 saturated heterocycles. The van der Waals surface area contributed by atoms with Gasteiger partial charge in [0.1, 0.15) is 0 Å². The molecule has 0 radical (unpaired) electrons. The Labute approximate surface area is 156 Å². The van der Waals surface area contributed by atoms with Crippen molar-refractivity contribution in [3.63, 3.8) is 0 Å². The normalized spacial score (nSPS) is 16.2. The molecule has 130 valence electrons. The average molecular weight is 376 g/mol. The second kappa shape index (κ2) is 7.30. The smallest absolute Gasteiger partial charge is 0.156 e. The summed E-state index contributed by atoms with van der Waals surface area (Å²) in [6.45, 7) is 4.94. The van der Waals surface area contributed by atoms with Crippen LogP contribution >= 0.6 is 23.2 Å². The number of pyridine rings is 2. The molecule has 3 aromatic heterocycles. The molecule has 0 amide bonds. The highest BCUT2D eigenvalue weighted by Crippen LogP contribution is 2.30. The van der Waals surface area contributed by atoms with Crippen molar-refractivity contribution in [2.45, 2.75) is 13.0 Å². The zero-order valence-corrected chi connectivity index (χ0v) is 15.3. The topological polar surface area (TPSA) is 45.5 Å². The van der Waals surface area contributed by atoms with E-state index in [-0.39, 0.29) is 0 Å². The maximum absolute atomic E-state index is 6.40. The number of nitrogens with one attached hydrogen (secondary N) is 1. The van der Waals surface area contributed by atoms with Gasteiger partial charge in [-0.05, 0) is 37.7 Å². The Morgan fingerprint density at radius 2 is 1.96 bits per heavy atom. The number of aromatic nitrogens is 3. The van der Waals surface area contributed by atoms with Crippen LogP contribution in [0.5, 0.6) is 0 Å². The molecule has 25 heavy (non-hydrogen) atoms. The lowest BCUT2D eigenvalue weighted by atomic mass is 10.1. The van der Waals surface area contributed by atoms with E-state index in [4.69, 9.17) is 28.2 Å². The van der Waals surface area contributed by atoms with E-state index < -0.39 is 0 Å². The minimum absolute atomic E-state index is 0.562. The zero-order chi connectivity index (χ0) is 17.2. The number of hydrogen-bond donors (Lipinski definition) is 1. The highest BCUT2D eigenvalue weighted by Gasteiger charge is 2.19. The van der Waals surface area contributed by atoms with Crippen molar-refractivity contribution >= 4 is 28.8 Å². The number of rotatable bonds is 3. The van der Waals surface area contributed by atoms with Crippen LogP contribution in [-0.4, -0.2) is 45.4 Å². The minimum Gasteiger partial charge on any atom is -0.315 e. The fourth-order valence-electron chi connectivity index (χ4n) is 3.28. The first-order chi connectivity index (χ1) is 12.2. The molecule has 1 aliphatic rings. The molecule has 3 aromatic rings. The molecule has 0 atom stereocenters. The van der Waals surface area contributed by atoms with Gasteiger partial charge in [-0.1, -0.05) is 23.2 Å². The largest absolute Gasteiger partial charge is 0.315 e. The number of imidazole rings is 1. The zero-order valence-electron chi connectivity index (χ0n) is 13.8. The predicted octanol–water partition coefficient (Wildman–Crippen LogP) is 3.50. The van der Waals surface area contributed by atoms with Crippen molar-refractivity contribution in [2.75, 3.05) is 26.2 Å². The van der Waals surface area contributed by atoms with Gasteiger partial charge in [0, 0.05) is 43.8 Å². The first-order valence-electron chi connectivity index (χ1n) is 8.42. The lowest BCUT2D eigenvalue weighted by Gasteiger charge is -2.20. The third-order valence-corrected chi connectivity index (χ3v) is 4.99. The van der Waals surface area contributed by atoms with Gasteiger partial charge in [0.05, 0.1) is 21.4 Å². The fraction of sp³-hybridized carbons (Fsp3) is 0.333. The molecule has 1 aliphatic heterocycles. The van der Waals surface area contributed by atoms with Crippen molar-refractivity contribution in [1.82, 2.24) is 24.6 Å². The molecular weight excluding hydrogens is 357 g/mol. The maximum Gasteiger partial charge on any atom is 0.156 e. The third-order valence-electron chi connectivity index (χ3n) is 4.50. The van der Waals surface area contributed by atoms with Crippen LogP contribution in [0, 0.1) is 0 Å². The number of halogens is 2. The second-order valence-electron chi connectivity index (χ2n) is 6.22. The van der Waals surface area contributed by atoms with Crippen LogP contribution in [0.15, 0.2) is 36.8 Å². The van der Waals surface area contributed by atoms with Crippen LogP contribution < -0.4 is 5.32 Å². The number of nitrogens with zero attached hydrogens (tertiary/aromatic N) is 4. The van der Waals surface area contributed by atoms with Crippen molar-refractivity contribution < 1.29 is 0 Å². The van der Waals surface area contributed by atoms with Crippen LogP contribution in [0.2, 0.25) is 10.0 Å². The van der Waals surface area contributed by atoms with Crippen molar-refractivity contribution in [3.8, 4) is 11.3 Å².